The first-order chi connectivity index (χ1) is 8.20. The Morgan fingerprint density at radius 3 is 2.94 bits per heavy atom. The zero-order valence-corrected chi connectivity index (χ0v) is 10.6. The van der Waals surface area contributed by atoms with Crippen molar-refractivity contribution in [1.82, 2.24) is 10.1 Å². The second-order valence-electron chi connectivity index (χ2n) is 4.98. The number of nitrogens with two attached hydrogens (primary N) is 1. The molecule has 17 heavy (non-hydrogen) atoms. The van der Waals surface area contributed by atoms with Gasteiger partial charge >= 0.3 is 0 Å². The first kappa shape index (κ1) is 12.5. The Hall–Kier alpha value is -0.940. The maximum Gasteiger partial charge on any atom is 0.252 e. The van der Waals surface area contributed by atoms with Gasteiger partial charge in [0.25, 0.3) is 5.89 Å². The molecule has 5 heteroatoms. The third kappa shape index (κ3) is 3.04. The number of ether oxygens (including phenoxy) is 1. The van der Waals surface area contributed by atoms with E-state index in [2.05, 4.69) is 10.1 Å². The number of hydrogen-bond acceptors (Lipinski definition) is 5. The Labute approximate surface area is 102 Å². The van der Waals surface area contributed by atoms with Crippen molar-refractivity contribution in [1.29, 1.82) is 0 Å². The van der Waals surface area contributed by atoms with Crippen molar-refractivity contribution >= 4 is 0 Å². The Kier molecular flexibility index (Phi) is 4.12. The molecule has 2 unspecified atom stereocenters. The highest BCUT2D eigenvalue weighted by molar-refractivity contribution is 4.91. The van der Waals surface area contributed by atoms with Crippen LogP contribution in [-0.2, 0) is 11.3 Å². The first-order valence-electron chi connectivity index (χ1n) is 6.35. The molecule has 1 saturated carbocycles. The van der Waals surface area contributed by atoms with Crippen LogP contribution in [-0.4, -0.2) is 22.8 Å². The molecule has 0 saturated heterocycles. The molecule has 2 atom stereocenters. The molecule has 1 aromatic heterocycles. The van der Waals surface area contributed by atoms with E-state index in [1.165, 1.54) is 12.8 Å². The zero-order valence-electron chi connectivity index (χ0n) is 10.6. The van der Waals surface area contributed by atoms with Gasteiger partial charge in [-0.05, 0) is 25.3 Å². The van der Waals surface area contributed by atoms with Gasteiger partial charge in [0.15, 0.2) is 5.82 Å². The average Bonchev–Trinajstić information content (AvgIpc) is 2.95. The fourth-order valence-electron chi connectivity index (χ4n) is 2.23. The van der Waals surface area contributed by atoms with Crippen molar-refractivity contribution in [3.63, 3.8) is 0 Å². The Bertz CT molecular complexity index is 351. The van der Waals surface area contributed by atoms with E-state index in [0.29, 0.717) is 25.0 Å². The van der Waals surface area contributed by atoms with E-state index < -0.39 is 0 Å². The average molecular weight is 239 g/mol. The van der Waals surface area contributed by atoms with Gasteiger partial charge in [0.1, 0.15) is 6.61 Å². The lowest BCUT2D eigenvalue weighted by atomic mass is 10.1. The minimum Gasteiger partial charge on any atom is -0.368 e. The highest BCUT2D eigenvalue weighted by Crippen LogP contribution is 2.28. The minimum atomic E-state index is 0.259. The normalized spacial score (nSPS) is 24.7. The molecule has 1 aliphatic rings. The molecule has 0 aromatic carbocycles. The van der Waals surface area contributed by atoms with Crippen LogP contribution in [0.15, 0.2) is 4.52 Å². The highest BCUT2D eigenvalue weighted by atomic mass is 16.5. The highest BCUT2D eigenvalue weighted by Gasteiger charge is 2.27. The van der Waals surface area contributed by atoms with Gasteiger partial charge in [-0.2, -0.15) is 4.98 Å². The lowest BCUT2D eigenvalue weighted by Gasteiger charge is -2.17. The van der Waals surface area contributed by atoms with E-state index in [-0.39, 0.29) is 12.0 Å². The number of aromatic nitrogens is 2. The van der Waals surface area contributed by atoms with Gasteiger partial charge in [-0.3, -0.25) is 0 Å². The van der Waals surface area contributed by atoms with Crippen molar-refractivity contribution < 1.29 is 9.26 Å². The van der Waals surface area contributed by atoms with Crippen LogP contribution in [0.4, 0.5) is 0 Å². The van der Waals surface area contributed by atoms with E-state index in [1.54, 1.807) is 0 Å². The second-order valence-corrected chi connectivity index (χ2v) is 4.98. The fourth-order valence-corrected chi connectivity index (χ4v) is 2.23. The molecule has 0 radical (unpaired) electrons. The van der Waals surface area contributed by atoms with Crippen molar-refractivity contribution in [2.45, 2.75) is 51.7 Å². The second kappa shape index (κ2) is 5.60. The molecule has 2 N–H and O–H groups in total. The van der Waals surface area contributed by atoms with Gasteiger partial charge in [-0.25, -0.2) is 0 Å². The minimum absolute atomic E-state index is 0.259. The van der Waals surface area contributed by atoms with Crippen LogP contribution in [0, 0.1) is 5.92 Å². The predicted molar refractivity (Wildman–Crippen MR) is 63.4 cm³/mol. The van der Waals surface area contributed by atoms with Crippen LogP contribution >= 0.6 is 0 Å². The van der Waals surface area contributed by atoms with Crippen molar-refractivity contribution in [3.8, 4) is 0 Å². The molecule has 1 heterocycles. The van der Waals surface area contributed by atoms with Gasteiger partial charge in [-0.1, -0.05) is 25.4 Å². The smallest absolute Gasteiger partial charge is 0.252 e. The maximum absolute atomic E-state index is 5.81. The number of nitrogens with zero attached hydrogens (tertiary/aromatic N) is 2. The van der Waals surface area contributed by atoms with Crippen LogP contribution in [0.2, 0.25) is 0 Å². The topological polar surface area (TPSA) is 74.2 Å². The maximum atomic E-state index is 5.81. The molecule has 0 bridgehead atoms. The van der Waals surface area contributed by atoms with Crippen molar-refractivity contribution in [2.24, 2.45) is 11.7 Å². The summed E-state index contributed by atoms with van der Waals surface area (Å²) in [6.07, 6.45) is 3.72. The van der Waals surface area contributed by atoms with Crippen LogP contribution in [0.3, 0.4) is 0 Å². The van der Waals surface area contributed by atoms with E-state index in [4.69, 9.17) is 15.0 Å². The largest absolute Gasteiger partial charge is 0.368 e. The molecule has 1 aromatic rings. The van der Waals surface area contributed by atoms with Crippen molar-refractivity contribution in [3.05, 3.63) is 11.7 Å². The van der Waals surface area contributed by atoms with E-state index in [0.717, 1.165) is 12.2 Å². The van der Waals surface area contributed by atoms with Gasteiger partial charge in [-0.15, -0.1) is 0 Å². The molecule has 0 aliphatic heterocycles. The monoisotopic (exact) mass is 239 g/mol. The van der Waals surface area contributed by atoms with E-state index in [9.17, 15) is 0 Å². The van der Waals surface area contributed by atoms with Crippen LogP contribution in [0.5, 0.6) is 0 Å². The third-order valence-corrected chi connectivity index (χ3v) is 3.31. The summed E-state index contributed by atoms with van der Waals surface area (Å²) in [5.41, 5.74) is 5.71. The summed E-state index contributed by atoms with van der Waals surface area (Å²) in [6.45, 7) is 5.18. The Balaban J connectivity index is 1.84. The molecule has 1 fully saturated rings. The van der Waals surface area contributed by atoms with Gasteiger partial charge in [0.2, 0.25) is 0 Å². The molecule has 5 nitrogen and oxygen atoms in total. The van der Waals surface area contributed by atoms with E-state index in [1.807, 2.05) is 13.8 Å². The zero-order chi connectivity index (χ0) is 12.3. The Morgan fingerprint density at radius 1 is 1.47 bits per heavy atom. The number of rotatable bonds is 5. The fraction of sp³-hybridized carbons (Fsp3) is 0.833. The Morgan fingerprint density at radius 2 is 2.29 bits per heavy atom. The predicted octanol–water partition coefficient (Wildman–Crippen LogP) is 1.84. The quantitative estimate of drug-likeness (QED) is 0.848. The van der Waals surface area contributed by atoms with Crippen LogP contribution in [0.25, 0.3) is 0 Å². The summed E-state index contributed by atoms with van der Waals surface area (Å²) in [5.74, 6) is 2.08. The summed E-state index contributed by atoms with van der Waals surface area (Å²) >= 11 is 0. The molecule has 0 spiro atoms. The van der Waals surface area contributed by atoms with Gasteiger partial charge < -0.3 is 15.0 Å². The van der Waals surface area contributed by atoms with Gasteiger partial charge in [0.05, 0.1) is 6.10 Å². The molecule has 2 rings (SSSR count). The molecular formula is C12H21N3O2. The lowest BCUT2D eigenvalue weighted by molar-refractivity contribution is 0.00567. The molecular weight excluding hydrogens is 218 g/mol. The summed E-state index contributed by atoms with van der Waals surface area (Å²) in [7, 11) is 0. The van der Waals surface area contributed by atoms with Crippen molar-refractivity contribution in [2.75, 3.05) is 6.54 Å². The third-order valence-electron chi connectivity index (χ3n) is 3.31. The summed E-state index contributed by atoms with van der Waals surface area (Å²) in [4.78, 5) is 4.29. The molecule has 96 valence electrons. The lowest BCUT2D eigenvalue weighted by Crippen LogP contribution is -2.25. The van der Waals surface area contributed by atoms with Gasteiger partial charge in [0, 0.05) is 5.92 Å². The SMILES string of the molecule is CC(C)c1noc(COC2CCCC2CN)n1. The number of hydrogen-bond donors (Lipinski definition) is 1. The van der Waals surface area contributed by atoms with Crippen LogP contribution < -0.4 is 5.73 Å². The molecule has 0 amide bonds. The summed E-state index contributed by atoms with van der Waals surface area (Å²) in [6, 6.07) is 0. The standard InChI is InChI=1S/C12H21N3O2/c1-8(2)12-14-11(17-15-12)7-16-10-5-3-4-9(10)6-13/h8-10H,3-7,13H2,1-2H3. The summed E-state index contributed by atoms with van der Waals surface area (Å²) in [5, 5.41) is 3.91. The summed E-state index contributed by atoms with van der Waals surface area (Å²) < 4.78 is 10.9. The van der Waals surface area contributed by atoms with Crippen LogP contribution in [0.1, 0.15) is 50.7 Å². The molecule has 1 aliphatic carbocycles. The van der Waals surface area contributed by atoms with E-state index >= 15 is 0 Å². The first-order valence-corrected chi connectivity index (χ1v) is 6.35.